The van der Waals surface area contributed by atoms with E-state index in [1.54, 1.807) is 22.6 Å². The lowest BCUT2D eigenvalue weighted by atomic mass is 10.1. The third kappa shape index (κ3) is 4.48. The highest BCUT2D eigenvalue weighted by Crippen LogP contribution is 2.30. The molecule has 1 rings (SSSR count). The molecule has 9 heteroatoms. The maximum Gasteiger partial charge on any atom is 0.573 e. The van der Waals surface area contributed by atoms with E-state index in [-0.39, 0.29) is 20.8 Å². The first-order valence-corrected chi connectivity index (χ1v) is 6.06. The van der Waals surface area contributed by atoms with Gasteiger partial charge in [-0.05, 0) is 22.6 Å². The number of hydrogen-bond donors (Lipinski definition) is 1. The molecular formula is C9H6ClF3INO3. The van der Waals surface area contributed by atoms with Gasteiger partial charge in [0.2, 0.25) is 0 Å². The van der Waals surface area contributed by atoms with Gasteiger partial charge in [-0.1, -0.05) is 0 Å². The monoisotopic (exact) mass is 395 g/mol. The largest absolute Gasteiger partial charge is 0.573 e. The molecule has 0 amide bonds. The first-order chi connectivity index (χ1) is 8.23. The molecule has 4 nitrogen and oxygen atoms in total. The second kappa shape index (κ2) is 5.91. The van der Waals surface area contributed by atoms with E-state index in [4.69, 9.17) is 16.7 Å². The molecular weight excluding hydrogens is 389 g/mol. The van der Waals surface area contributed by atoms with Crippen LogP contribution in [0.25, 0.3) is 0 Å². The number of carboxylic acids is 1. The van der Waals surface area contributed by atoms with Crippen molar-refractivity contribution >= 4 is 40.2 Å². The normalized spacial score (nSPS) is 11.4. The number of rotatable bonds is 4. The third-order valence-corrected chi connectivity index (χ3v) is 2.64. The minimum atomic E-state index is -4.87. The second-order valence-corrected chi connectivity index (χ2v) is 4.49. The van der Waals surface area contributed by atoms with Crippen molar-refractivity contribution in [2.45, 2.75) is 18.7 Å². The maximum absolute atomic E-state index is 12.2. The second-order valence-electron chi connectivity index (χ2n) is 3.12. The number of alkyl halides is 4. The molecule has 0 bridgehead atoms. The average Bonchev–Trinajstić information content (AvgIpc) is 2.13. The fourth-order valence-corrected chi connectivity index (χ4v) is 2.07. The van der Waals surface area contributed by atoms with E-state index in [1.165, 1.54) is 0 Å². The molecule has 0 radical (unpaired) electrons. The van der Waals surface area contributed by atoms with Gasteiger partial charge < -0.3 is 9.84 Å². The topological polar surface area (TPSA) is 59.4 Å². The molecule has 0 atom stereocenters. The summed E-state index contributed by atoms with van der Waals surface area (Å²) in [5, 5.41) is 8.65. The van der Waals surface area contributed by atoms with Gasteiger partial charge in [0.15, 0.2) is 0 Å². The fourth-order valence-electron chi connectivity index (χ4n) is 1.21. The van der Waals surface area contributed by atoms with Crippen LogP contribution in [-0.2, 0) is 17.1 Å². The lowest BCUT2D eigenvalue weighted by molar-refractivity contribution is -0.274. The smallest absolute Gasteiger partial charge is 0.481 e. The van der Waals surface area contributed by atoms with Gasteiger partial charge in [-0.15, -0.1) is 24.8 Å². The van der Waals surface area contributed by atoms with Crippen molar-refractivity contribution in [2.24, 2.45) is 0 Å². The van der Waals surface area contributed by atoms with Gasteiger partial charge in [0, 0.05) is 11.6 Å². The van der Waals surface area contributed by atoms with Gasteiger partial charge in [0.05, 0.1) is 18.0 Å². The highest BCUT2D eigenvalue weighted by atomic mass is 127. The Morgan fingerprint density at radius 1 is 1.56 bits per heavy atom. The molecule has 0 fully saturated rings. The number of aromatic nitrogens is 1. The van der Waals surface area contributed by atoms with Crippen LogP contribution in [0.4, 0.5) is 13.2 Å². The predicted octanol–water partition coefficient (Wildman–Crippen LogP) is 2.95. The van der Waals surface area contributed by atoms with Gasteiger partial charge in [0.25, 0.3) is 0 Å². The molecule has 0 aliphatic heterocycles. The summed E-state index contributed by atoms with van der Waals surface area (Å²) in [6.45, 7) is 0. The quantitative estimate of drug-likeness (QED) is 0.484. The molecule has 0 aliphatic rings. The Balaban J connectivity index is 3.24. The molecule has 100 valence electrons. The number of halogens is 5. The molecule has 1 aromatic heterocycles. The minimum Gasteiger partial charge on any atom is -0.481 e. The van der Waals surface area contributed by atoms with Gasteiger partial charge in [-0.2, -0.15) is 0 Å². The fraction of sp³-hybridized carbons (Fsp3) is 0.333. The summed E-state index contributed by atoms with van der Waals surface area (Å²) in [7, 11) is 0. The number of carbonyl (C=O) groups is 1. The zero-order valence-electron chi connectivity index (χ0n) is 8.59. The van der Waals surface area contributed by atoms with Crippen LogP contribution >= 0.6 is 34.2 Å². The molecule has 1 N–H and O–H groups in total. The Kier molecular flexibility index (Phi) is 5.02. The van der Waals surface area contributed by atoms with Crippen LogP contribution in [0.5, 0.6) is 5.75 Å². The first-order valence-electron chi connectivity index (χ1n) is 4.44. The molecule has 0 spiro atoms. The lowest BCUT2D eigenvalue weighted by Gasteiger charge is -2.14. The Bertz CT molecular complexity index is 467. The third-order valence-electron chi connectivity index (χ3n) is 1.82. The summed E-state index contributed by atoms with van der Waals surface area (Å²) in [6, 6.07) is 1.05. The van der Waals surface area contributed by atoms with Crippen LogP contribution in [0, 0.1) is 3.70 Å². The summed E-state index contributed by atoms with van der Waals surface area (Å²) in [5.41, 5.74) is -0.111. The van der Waals surface area contributed by atoms with E-state index >= 15 is 0 Å². The van der Waals surface area contributed by atoms with Crippen LogP contribution in [0.3, 0.4) is 0 Å². The van der Waals surface area contributed by atoms with Crippen LogP contribution in [0.15, 0.2) is 6.07 Å². The number of pyridine rings is 1. The van der Waals surface area contributed by atoms with Crippen molar-refractivity contribution in [3.8, 4) is 5.75 Å². The standard InChI is InChI=1S/C9H6ClF3INO3/c10-3-4-5(1-8(16)17)15-7(14)2-6(4)18-9(11,12)13/h2H,1,3H2,(H,16,17). The van der Waals surface area contributed by atoms with Crippen LogP contribution < -0.4 is 4.74 Å². The Morgan fingerprint density at radius 2 is 2.17 bits per heavy atom. The van der Waals surface area contributed by atoms with E-state index in [2.05, 4.69) is 9.72 Å². The summed E-state index contributed by atoms with van der Waals surface area (Å²) < 4.78 is 40.5. The molecule has 0 aromatic carbocycles. The molecule has 1 heterocycles. The molecule has 0 aliphatic carbocycles. The summed E-state index contributed by atoms with van der Waals surface area (Å²) >= 11 is 7.19. The first kappa shape index (κ1) is 15.3. The molecule has 0 saturated heterocycles. The van der Waals surface area contributed by atoms with E-state index in [9.17, 15) is 18.0 Å². The van der Waals surface area contributed by atoms with Crippen molar-refractivity contribution in [3.63, 3.8) is 0 Å². The molecule has 1 aromatic rings. The van der Waals surface area contributed by atoms with Gasteiger partial charge in [-0.25, -0.2) is 4.98 Å². The van der Waals surface area contributed by atoms with Crippen molar-refractivity contribution in [1.29, 1.82) is 0 Å². The summed E-state index contributed by atoms with van der Waals surface area (Å²) in [5.74, 6) is -2.06. The maximum atomic E-state index is 12.2. The summed E-state index contributed by atoms with van der Waals surface area (Å²) in [6.07, 6.45) is -5.39. The Labute approximate surface area is 118 Å². The van der Waals surface area contributed by atoms with Crippen molar-refractivity contribution in [2.75, 3.05) is 0 Å². The summed E-state index contributed by atoms with van der Waals surface area (Å²) in [4.78, 5) is 14.4. The van der Waals surface area contributed by atoms with Crippen LogP contribution in [0.2, 0.25) is 0 Å². The van der Waals surface area contributed by atoms with Crippen molar-refractivity contribution in [1.82, 2.24) is 4.98 Å². The van der Waals surface area contributed by atoms with Gasteiger partial charge in [-0.3, -0.25) is 4.79 Å². The van der Waals surface area contributed by atoms with Crippen LogP contribution in [0.1, 0.15) is 11.3 Å². The van der Waals surface area contributed by atoms with Crippen molar-refractivity contribution in [3.05, 3.63) is 21.0 Å². The van der Waals surface area contributed by atoms with Crippen molar-refractivity contribution < 1.29 is 27.8 Å². The SMILES string of the molecule is O=C(O)Cc1nc(I)cc(OC(F)(F)F)c1CCl. The molecule has 18 heavy (non-hydrogen) atoms. The van der Waals surface area contributed by atoms with E-state index in [0.29, 0.717) is 0 Å². The predicted molar refractivity (Wildman–Crippen MR) is 64.5 cm³/mol. The lowest BCUT2D eigenvalue weighted by Crippen LogP contribution is -2.19. The van der Waals surface area contributed by atoms with E-state index < -0.39 is 24.5 Å². The Morgan fingerprint density at radius 3 is 2.61 bits per heavy atom. The number of aliphatic carboxylic acids is 1. The molecule has 0 unspecified atom stereocenters. The average molecular weight is 396 g/mol. The van der Waals surface area contributed by atoms with E-state index in [0.717, 1.165) is 6.07 Å². The van der Waals surface area contributed by atoms with Crippen LogP contribution in [-0.4, -0.2) is 22.4 Å². The number of ether oxygens (including phenoxy) is 1. The molecule has 0 saturated carbocycles. The highest BCUT2D eigenvalue weighted by Gasteiger charge is 2.33. The number of nitrogens with zero attached hydrogens (tertiary/aromatic N) is 1. The van der Waals surface area contributed by atoms with Gasteiger partial charge in [0.1, 0.15) is 9.45 Å². The van der Waals surface area contributed by atoms with E-state index in [1.807, 2.05) is 0 Å². The minimum absolute atomic E-state index is 0.0383. The number of carboxylic acid groups (broad SMARTS) is 1. The number of hydrogen-bond acceptors (Lipinski definition) is 3. The zero-order valence-corrected chi connectivity index (χ0v) is 11.5. The van der Waals surface area contributed by atoms with Gasteiger partial charge >= 0.3 is 12.3 Å². The Hall–Kier alpha value is -0.770. The highest BCUT2D eigenvalue weighted by molar-refractivity contribution is 14.1. The zero-order chi connectivity index (χ0) is 13.9.